The molecule has 1 aromatic rings. The molecule has 15 nitrogen and oxygen atoms in total. The summed E-state index contributed by atoms with van der Waals surface area (Å²) in [6.07, 6.45) is -7.54. The normalized spacial score (nSPS) is 20.9. The zero-order valence-electron chi connectivity index (χ0n) is 31.7. The van der Waals surface area contributed by atoms with Gasteiger partial charge in [0, 0.05) is 33.4 Å². The summed E-state index contributed by atoms with van der Waals surface area (Å²) in [5.41, 5.74) is -3.40. The molecule has 300 valence electrons. The van der Waals surface area contributed by atoms with Crippen LogP contribution in [-0.4, -0.2) is 113 Å². The van der Waals surface area contributed by atoms with E-state index in [9.17, 15) is 46.7 Å². The molecule has 0 spiro atoms. The Hall–Kier alpha value is -4.90. The molecule has 0 aromatic heterocycles. The van der Waals surface area contributed by atoms with Gasteiger partial charge in [-0.2, -0.15) is 13.2 Å². The number of alkyl carbamates (subject to hydrolysis) is 1. The SMILES string of the molecule is COC(=O)[C@@H](NC(=O)C1(Cc2ccc(C(F)(F)F)cc2)CCCN1C(=O)[C@@H]1CCCN1C(=O)[C@@H](NC(=O)OC(C)(C)C)[C@@H](C)OC(C)=O)[C@@H](C)OC(C)=O. The first-order chi connectivity index (χ1) is 25.0. The van der Waals surface area contributed by atoms with Crippen LogP contribution in [0.25, 0.3) is 0 Å². The lowest BCUT2D eigenvalue weighted by Crippen LogP contribution is -2.65. The Bertz CT molecular complexity index is 1580. The highest BCUT2D eigenvalue weighted by atomic mass is 19.4. The van der Waals surface area contributed by atoms with E-state index in [1.807, 2.05) is 0 Å². The number of carbonyl (C=O) groups excluding carboxylic acids is 7. The van der Waals surface area contributed by atoms with Crippen LogP contribution in [0.4, 0.5) is 18.0 Å². The Balaban J connectivity index is 2.05. The van der Waals surface area contributed by atoms with Crippen LogP contribution >= 0.6 is 0 Å². The number of rotatable bonds is 12. The van der Waals surface area contributed by atoms with Gasteiger partial charge in [0.05, 0.1) is 12.7 Å². The molecule has 1 unspecified atom stereocenters. The number of benzene rings is 1. The van der Waals surface area contributed by atoms with Crippen molar-refractivity contribution in [3.63, 3.8) is 0 Å². The Morgan fingerprint density at radius 1 is 0.870 bits per heavy atom. The zero-order chi connectivity index (χ0) is 40.8. The van der Waals surface area contributed by atoms with Crippen molar-refractivity contribution in [1.29, 1.82) is 0 Å². The summed E-state index contributed by atoms with van der Waals surface area (Å²) in [6, 6.07) is -0.0952. The van der Waals surface area contributed by atoms with Crippen LogP contribution in [-0.2, 0) is 60.3 Å². The van der Waals surface area contributed by atoms with E-state index >= 15 is 0 Å². The number of nitrogens with one attached hydrogen (secondary N) is 2. The molecule has 2 saturated heterocycles. The molecule has 2 aliphatic heterocycles. The Kier molecular flexibility index (Phi) is 14.1. The molecular weight excluding hydrogens is 721 g/mol. The third kappa shape index (κ3) is 10.8. The van der Waals surface area contributed by atoms with E-state index in [4.69, 9.17) is 18.9 Å². The quantitative estimate of drug-likeness (QED) is 0.235. The first-order valence-electron chi connectivity index (χ1n) is 17.5. The summed E-state index contributed by atoms with van der Waals surface area (Å²) in [5, 5.41) is 5.01. The number of ether oxygens (including phenoxy) is 4. The molecule has 54 heavy (non-hydrogen) atoms. The van der Waals surface area contributed by atoms with Crippen LogP contribution in [0.3, 0.4) is 0 Å². The second-order valence-corrected chi connectivity index (χ2v) is 14.4. The van der Waals surface area contributed by atoms with Gasteiger partial charge >= 0.3 is 30.2 Å². The van der Waals surface area contributed by atoms with E-state index in [1.165, 1.54) is 35.8 Å². The van der Waals surface area contributed by atoms with Crippen LogP contribution in [0.5, 0.6) is 0 Å². The smallest absolute Gasteiger partial charge is 0.416 e. The van der Waals surface area contributed by atoms with Gasteiger partial charge in [0.2, 0.25) is 17.7 Å². The van der Waals surface area contributed by atoms with E-state index in [1.54, 1.807) is 20.8 Å². The molecule has 2 aliphatic rings. The van der Waals surface area contributed by atoms with Crippen molar-refractivity contribution in [3.05, 3.63) is 35.4 Å². The molecule has 0 bridgehead atoms. The minimum Gasteiger partial charge on any atom is -0.467 e. The lowest BCUT2D eigenvalue weighted by Gasteiger charge is -2.41. The van der Waals surface area contributed by atoms with Crippen molar-refractivity contribution in [3.8, 4) is 0 Å². The average Bonchev–Trinajstić information content (AvgIpc) is 3.72. The molecule has 2 heterocycles. The van der Waals surface area contributed by atoms with E-state index in [-0.39, 0.29) is 44.3 Å². The highest BCUT2D eigenvalue weighted by molar-refractivity contribution is 5.98. The third-order valence-electron chi connectivity index (χ3n) is 9.10. The number of hydrogen-bond acceptors (Lipinski definition) is 11. The maximum absolute atomic E-state index is 14.6. The molecule has 0 aliphatic carbocycles. The number of methoxy groups -OCH3 is 1. The highest BCUT2D eigenvalue weighted by Gasteiger charge is 2.54. The van der Waals surface area contributed by atoms with Gasteiger partial charge in [0.1, 0.15) is 35.4 Å². The molecule has 6 atom stereocenters. The Morgan fingerprint density at radius 2 is 1.44 bits per heavy atom. The van der Waals surface area contributed by atoms with Crippen LogP contribution < -0.4 is 10.6 Å². The van der Waals surface area contributed by atoms with E-state index < -0.39 is 94.9 Å². The van der Waals surface area contributed by atoms with Crippen LogP contribution in [0.2, 0.25) is 0 Å². The molecule has 3 rings (SSSR count). The minimum absolute atomic E-state index is 0.00273. The van der Waals surface area contributed by atoms with Gasteiger partial charge in [-0.1, -0.05) is 12.1 Å². The summed E-state index contributed by atoms with van der Waals surface area (Å²) < 4.78 is 60.8. The van der Waals surface area contributed by atoms with Gasteiger partial charge in [-0.15, -0.1) is 0 Å². The van der Waals surface area contributed by atoms with Crippen molar-refractivity contribution in [2.45, 2.75) is 128 Å². The topological polar surface area (TPSA) is 187 Å². The number of nitrogens with zero attached hydrogens (tertiary/aromatic N) is 2. The highest BCUT2D eigenvalue weighted by Crippen LogP contribution is 2.37. The summed E-state index contributed by atoms with van der Waals surface area (Å²) in [7, 11) is 1.06. The number of halogens is 3. The number of hydrogen-bond donors (Lipinski definition) is 2. The monoisotopic (exact) mass is 770 g/mol. The zero-order valence-corrected chi connectivity index (χ0v) is 31.7. The van der Waals surface area contributed by atoms with E-state index in [0.717, 1.165) is 33.1 Å². The standard InChI is InChI=1S/C36H49F3N4O11/c1-20(52-22(3)44)27(41-33(50)54-34(5,6)7)30(47)42-17-9-11-26(42)29(46)43-18-10-16-35(43,19-24-12-14-25(15-13-24)36(37,38)39)32(49)40-28(31(48)51-8)21(2)53-23(4)45/h12-15,20-21,26-28H,9-11,16-19H2,1-8H3,(H,40,49)(H,41,50)/t20-,21-,26+,27+,28+,35?/m1/s1. The molecule has 2 fully saturated rings. The van der Waals surface area contributed by atoms with Crippen molar-refractivity contribution in [2.24, 2.45) is 0 Å². The van der Waals surface area contributed by atoms with Gasteiger partial charge in [-0.3, -0.25) is 24.0 Å². The predicted octanol–water partition coefficient (Wildman–Crippen LogP) is 3.05. The minimum atomic E-state index is -4.63. The number of amides is 4. The molecule has 0 saturated carbocycles. The lowest BCUT2D eigenvalue weighted by molar-refractivity contribution is -0.159. The second-order valence-electron chi connectivity index (χ2n) is 14.4. The average molecular weight is 771 g/mol. The molecule has 4 amide bonds. The number of esters is 3. The largest absolute Gasteiger partial charge is 0.467 e. The van der Waals surface area contributed by atoms with Gasteiger partial charge in [0.15, 0.2) is 6.04 Å². The summed E-state index contributed by atoms with van der Waals surface area (Å²) >= 11 is 0. The van der Waals surface area contributed by atoms with Crippen LogP contribution in [0.15, 0.2) is 24.3 Å². The van der Waals surface area contributed by atoms with Crippen LogP contribution in [0, 0.1) is 0 Å². The fourth-order valence-corrected chi connectivity index (χ4v) is 6.74. The fourth-order valence-electron chi connectivity index (χ4n) is 6.74. The van der Waals surface area contributed by atoms with Crippen molar-refractivity contribution in [2.75, 3.05) is 20.2 Å². The van der Waals surface area contributed by atoms with Crippen molar-refractivity contribution < 1.29 is 65.7 Å². The molecular formula is C36H49F3N4O11. The predicted molar refractivity (Wildman–Crippen MR) is 183 cm³/mol. The summed E-state index contributed by atoms with van der Waals surface area (Å²) in [4.78, 5) is 95.0. The maximum atomic E-state index is 14.6. The molecule has 0 radical (unpaired) electrons. The van der Waals surface area contributed by atoms with E-state index in [0.29, 0.717) is 6.42 Å². The molecule has 2 N–H and O–H groups in total. The Labute approximate surface area is 311 Å². The second kappa shape index (κ2) is 17.5. The van der Waals surface area contributed by atoms with Gasteiger partial charge in [-0.05, 0) is 78.0 Å². The van der Waals surface area contributed by atoms with E-state index in [2.05, 4.69) is 10.6 Å². The molecule has 1 aromatic carbocycles. The summed E-state index contributed by atoms with van der Waals surface area (Å²) in [5.74, 6) is -4.74. The summed E-state index contributed by atoms with van der Waals surface area (Å²) in [6.45, 7) is 9.87. The fraction of sp³-hybridized carbons (Fsp3) is 0.639. The van der Waals surface area contributed by atoms with Crippen molar-refractivity contribution in [1.82, 2.24) is 20.4 Å². The van der Waals surface area contributed by atoms with Gasteiger partial charge in [-0.25, -0.2) is 9.59 Å². The van der Waals surface area contributed by atoms with Gasteiger partial charge in [0.25, 0.3) is 0 Å². The lowest BCUT2D eigenvalue weighted by atomic mass is 9.85. The number of likely N-dealkylation sites (tertiary alicyclic amines) is 2. The number of alkyl halides is 3. The Morgan fingerprint density at radius 3 is 1.96 bits per heavy atom. The van der Waals surface area contributed by atoms with Crippen molar-refractivity contribution >= 4 is 41.7 Å². The molecule has 18 heteroatoms. The van der Waals surface area contributed by atoms with Gasteiger partial charge < -0.3 is 39.4 Å². The number of carbonyl (C=O) groups is 7. The first kappa shape index (κ1) is 43.5. The maximum Gasteiger partial charge on any atom is 0.416 e. The first-order valence-corrected chi connectivity index (χ1v) is 17.5. The van der Waals surface area contributed by atoms with Crippen LogP contribution in [0.1, 0.15) is 85.3 Å². The third-order valence-corrected chi connectivity index (χ3v) is 9.10.